The van der Waals surface area contributed by atoms with Gasteiger partial charge in [-0.05, 0) is 55.7 Å². The number of nitrogens with zero attached hydrogens (tertiary/aromatic N) is 2. The van der Waals surface area contributed by atoms with Crippen LogP contribution in [0.3, 0.4) is 0 Å². The molecule has 0 amide bonds. The van der Waals surface area contributed by atoms with E-state index in [0.717, 1.165) is 28.4 Å². The molecule has 0 atom stereocenters. The van der Waals surface area contributed by atoms with Crippen molar-refractivity contribution in [3.63, 3.8) is 0 Å². The molecule has 26 heavy (non-hydrogen) atoms. The highest BCUT2D eigenvalue weighted by molar-refractivity contribution is 7.22. The Morgan fingerprint density at radius 2 is 1.77 bits per heavy atom. The standard InChI is InChI=1S/C20H20N2O3S/c1-24-15-7-5-14(6-8-15)19(23)25-16-9-10-17-18(13-16)26-20(21-17)22-11-3-2-4-12-22/h5-10,13H,2-4,11-12H2,1H3. The summed E-state index contributed by atoms with van der Waals surface area (Å²) in [4.78, 5) is 19.4. The first-order chi connectivity index (χ1) is 12.7. The van der Waals surface area contributed by atoms with Crippen LogP contribution in [0.2, 0.25) is 0 Å². The van der Waals surface area contributed by atoms with Crippen LogP contribution in [0.5, 0.6) is 11.5 Å². The van der Waals surface area contributed by atoms with Gasteiger partial charge in [0.1, 0.15) is 11.5 Å². The highest BCUT2D eigenvalue weighted by atomic mass is 32.1. The van der Waals surface area contributed by atoms with E-state index in [1.54, 1.807) is 48.8 Å². The van der Waals surface area contributed by atoms with Gasteiger partial charge < -0.3 is 14.4 Å². The third-order valence-electron chi connectivity index (χ3n) is 4.51. The van der Waals surface area contributed by atoms with Gasteiger partial charge in [-0.25, -0.2) is 9.78 Å². The predicted molar refractivity (Wildman–Crippen MR) is 104 cm³/mol. The molecule has 0 unspecified atom stereocenters. The maximum Gasteiger partial charge on any atom is 0.343 e. The van der Waals surface area contributed by atoms with E-state index >= 15 is 0 Å². The molecule has 0 bridgehead atoms. The molecule has 0 radical (unpaired) electrons. The lowest BCUT2D eigenvalue weighted by Crippen LogP contribution is -2.29. The Morgan fingerprint density at radius 1 is 1.04 bits per heavy atom. The van der Waals surface area contributed by atoms with Crippen LogP contribution < -0.4 is 14.4 Å². The van der Waals surface area contributed by atoms with Crippen molar-refractivity contribution in [3.8, 4) is 11.5 Å². The van der Waals surface area contributed by atoms with Crippen molar-refractivity contribution in [2.24, 2.45) is 0 Å². The molecule has 1 aliphatic heterocycles. The van der Waals surface area contributed by atoms with E-state index in [0.29, 0.717) is 17.1 Å². The molecule has 2 heterocycles. The number of methoxy groups -OCH3 is 1. The van der Waals surface area contributed by atoms with Gasteiger partial charge in [0.2, 0.25) is 0 Å². The highest BCUT2D eigenvalue weighted by Gasteiger charge is 2.16. The topological polar surface area (TPSA) is 51.7 Å². The Morgan fingerprint density at radius 3 is 2.50 bits per heavy atom. The van der Waals surface area contributed by atoms with Gasteiger partial charge >= 0.3 is 5.97 Å². The number of rotatable bonds is 4. The van der Waals surface area contributed by atoms with Crippen molar-refractivity contribution in [1.29, 1.82) is 0 Å². The first-order valence-electron chi connectivity index (χ1n) is 8.75. The van der Waals surface area contributed by atoms with Crippen molar-refractivity contribution < 1.29 is 14.3 Å². The van der Waals surface area contributed by atoms with Gasteiger partial charge in [-0.15, -0.1) is 0 Å². The minimum Gasteiger partial charge on any atom is -0.497 e. The second kappa shape index (κ2) is 7.33. The Bertz CT molecular complexity index is 914. The molecule has 1 aromatic heterocycles. The summed E-state index contributed by atoms with van der Waals surface area (Å²) in [6.45, 7) is 2.14. The molecule has 0 N–H and O–H groups in total. The van der Waals surface area contributed by atoms with Gasteiger partial charge in [0.15, 0.2) is 5.13 Å². The number of carbonyl (C=O) groups is 1. The van der Waals surface area contributed by atoms with E-state index in [2.05, 4.69) is 4.90 Å². The Hall–Kier alpha value is -2.60. The van der Waals surface area contributed by atoms with Crippen LogP contribution in [-0.4, -0.2) is 31.2 Å². The smallest absolute Gasteiger partial charge is 0.343 e. The van der Waals surface area contributed by atoms with Gasteiger partial charge in [0.25, 0.3) is 0 Å². The Balaban J connectivity index is 1.51. The lowest BCUT2D eigenvalue weighted by atomic mass is 10.1. The first kappa shape index (κ1) is 16.8. The van der Waals surface area contributed by atoms with E-state index < -0.39 is 0 Å². The molecule has 1 aliphatic rings. The quantitative estimate of drug-likeness (QED) is 0.501. The third-order valence-corrected chi connectivity index (χ3v) is 5.59. The molecular formula is C20H20N2O3S. The van der Waals surface area contributed by atoms with Crippen molar-refractivity contribution in [2.75, 3.05) is 25.1 Å². The molecule has 0 spiro atoms. The maximum absolute atomic E-state index is 12.3. The monoisotopic (exact) mass is 368 g/mol. The van der Waals surface area contributed by atoms with E-state index in [9.17, 15) is 4.79 Å². The minimum atomic E-state index is -0.382. The summed E-state index contributed by atoms with van der Waals surface area (Å²) in [7, 11) is 1.59. The fourth-order valence-electron chi connectivity index (χ4n) is 3.07. The van der Waals surface area contributed by atoms with E-state index in [1.807, 2.05) is 12.1 Å². The van der Waals surface area contributed by atoms with Crippen molar-refractivity contribution in [3.05, 3.63) is 48.0 Å². The zero-order chi connectivity index (χ0) is 17.9. The zero-order valence-electron chi connectivity index (χ0n) is 14.6. The molecule has 5 nitrogen and oxygen atoms in total. The molecule has 1 saturated heterocycles. The number of carbonyl (C=O) groups excluding carboxylic acids is 1. The van der Waals surface area contributed by atoms with Crippen molar-refractivity contribution >= 4 is 32.7 Å². The van der Waals surface area contributed by atoms with Crippen molar-refractivity contribution in [2.45, 2.75) is 19.3 Å². The Kier molecular flexibility index (Phi) is 4.75. The average Bonchev–Trinajstić information content (AvgIpc) is 3.12. The minimum absolute atomic E-state index is 0.382. The molecule has 134 valence electrons. The van der Waals surface area contributed by atoms with Gasteiger partial charge in [-0.3, -0.25) is 0 Å². The van der Waals surface area contributed by atoms with Gasteiger partial charge in [-0.1, -0.05) is 11.3 Å². The molecule has 2 aromatic carbocycles. The number of anilines is 1. The number of thiazole rings is 1. The summed E-state index contributed by atoms with van der Waals surface area (Å²) in [5, 5.41) is 1.05. The number of fused-ring (bicyclic) bond motifs is 1. The first-order valence-corrected chi connectivity index (χ1v) is 9.56. The number of aromatic nitrogens is 1. The van der Waals surface area contributed by atoms with Crippen LogP contribution in [0.15, 0.2) is 42.5 Å². The molecule has 3 aromatic rings. The fraction of sp³-hybridized carbons (Fsp3) is 0.300. The predicted octanol–water partition coefficient (Wildman–Crippen LogP) is 4.51. The zero-order valence-corrected chi connectivity index (χ0v) is 15.4. The number of piperidine rings is 1. The average molecular weight is 368 g/mol. The highest BCUT2D eigenvalue weighted by Crippen LogP contribution is 2.33. The molecule has 0 saturated carbocycles. The molecular weight excluding hydrogens is 348 g/mol. The van der Waals surface area contributed by atoms with Crippen LogP contribution in [0, 0.1) is 0 Å². The van der Waals surface area contributed by atoms with Crippen LogP contribution in [0.25, 0.3) is 10.2 Å². The molecule has 4 rings (SSSR count). The number of esters is 1. The maximum atomic E-state index is 12.3. The summed E-state index contributed by atoms with van der Waals surface area (Å²) >= 11 is 1.65. The van der Waals surface area contributed by atoms with Crippen LogP contribution in [-0.2, 0) is 0 Å². The number of hydrogen-bond acceptors (Lipinski definition) is 6. The largest absolute Gasteiger partial charge is 0.497 e. The fourth-order valence-corrected chi connectivity index (χ4v) is 4.12. The SMILES string of the molecule is COc1ccc(C(=O)Oc2ccc3nc(N4CCCCC4)sc3c2)cc1. The van der Waals surface area contributed by atoms with Gasteiger partial charge in [0, 0.05) is 19.2 Å². The third kappa shape index (κ3) is 3.51. The Labute approximate surface area is 156 Å². The molecule has 6 heteroatoms. The summed E-state index contributed by atoms with van der Waals surface area (Å²) < 4.78 is 11.7. The molecule has 1 fully saturated rings. The molecule has 0 aliphatic carbocycles. The van der Waals surface area contributed by atoms with Crippen LogP contribution >= 0.6 is 11.3 Å². The number of ether oxygens (including phenoxy) is 2. The van der Waals surface area contributed by atoms with E-state index in [1.165, 1.54) is 19.3 Å². The summed E-state index contributed by atoms with van der Waals surface area (Å²) in [6, 6.07) is 12.5. The lowest BCUT2D eigenvalue weighted by molar-refractivity contribution is 0.0735. The van der Waals surface area contributed by atoms with E-state index in [4.69, 9.17) is 14.5 Å². The summed E-state index contributed by atoms with van der Waals surface area (Å²) in [5.41, 5.74) is 1.43. The van der Waals surface area contributed by atoms with Crippen LogP contribution in [0.4, 0.5) is 5.13 Å². The number of hydrogen-bond donors (Lipinski definition) is 0. The number of benzene rings is 2. The van der Waals surface area contributed by atoms with Crippen LogP contribution in [0.1, 0.15) is 29.6 Å². The normalized spacial score (nSPS) is 14.4. The lowest BCUT2D eigenvalue weighted by Gasteiger charge is -2.25. The van der Waals surface area contributed by atoms with Crippen molar-refractivity contribution in [1.82, 2.24) is 4.98 Å². The summed E-state index contributed by atoms with van der Waals surface area (Å²) in [5.74, 6) is 0.859. The second-order valence-electron chi connectivity index (χ2n) is 6.29. The summed E-state index contributed by atoms with van der Waals surface area (Å²) in [6.07, 6.45) is 3.74. The second-order valence-corrected chi connectivity index (χ2v) is 7.30. The van der Waals surface area contributed by atoms with Gasteiger partial charge in [0.05, 0.1) is 22.9 Å². The van der Waals surface area contributed by atoms with E-state index in [-0.39, 0.29) is 5.97 Å². The van der Waals surface area contributed by atoms with Gasteiger partial charge in [-0.2, -0.15) is 0 Å².